The van der Waals surface area contributed by atoms with Crippen molar-refractivity contribution in [2.45, 2.75) is 0 Å². The number of hydrogen-bond acceptors (Lipinski definition) is 5. The molecule has 2 rings (SSSR count). The van der Waals surface area contributed by atoms with Crippen LogP contribution >= 0.6 is 12.2 Å². The van der Waals surface area contributed by atoms with Crippen LogP contribution in [0.15, 0.2) is 30.0 Å². The molecule has 0 aromatic heterocycles. The first-order valence-corrected chi connectivity index (χ1v) is 6.91. The largest absolute Gasteiger partial charge is 0.497 e. The van der Waals surface area contributed by atoms with Crippen LogP contribution in [0, 0.1) is 0 Å². The van der Waals surface area contributed by atoms with Crippen molar-refractivity contribution in [3.8, 4) is 5.75 Å². The number of amides is 1. The summed E-state index contributed by atoms with van der Waals surface area (Å²) in [5.74, 6) is -0.111. The lowest BCUT2D eigenvalue weighted by Crippen LogP contribution is -2.36. The molecule has 116 valence electrons. The maximum atomic E-state index is 12.4. The van der Waals surface area contributed by atoms with Gasteiger partial charge >= 0.3 is 5.97 Å². The first kappa shape index (κ1) is 16.0. The summed E-state index contributed by atoms with van der Waals surface area (Å²) in [6, 6.07) is 7.27. The summed E-state index contributed by atoms with van der Waals surface area (Å²) in [7, 11) is 4.54. The van der Waals surface area contributed by atoms with E-state index in [0.717, 1.165) is 11.3 Å². The van der Waals surface area contributed by atoms with Crippen LogP contribution in [0.1, 0.15) is 5.56 Å². The minimum atomic E-state index is -0.519. The zero-order valence-corrected chi connectivity index (χ0v) is 13.3. The van der Waals surface area contributed by atoms with Crippen LogP contribution in [0.2, 0.25) is 0 Å². The zero-order valence-electron chi connectivity index (χ0n) is 12.5. The van der Waals surface area contributed by atoms with Gasteiger partial charge in [-0.25, -0.2) is 0 Å². The SMILES string of the molecule is COC(=O)CN1C(=O)/C(=C/c2ccc(OC)cc2)N(C)C1=S. The van der Waals surface area contributed by atoms with Gasteiger partial charge in [-0.3, -0.25) is 14.5 Å². The van der Waals surface area contributed by atoms with E-state index >= 15 is 0 Å². The second-order valence-electron chi connectivity index (χ2n) is 4.61. The molecule has 0 aliphatic carbocycles. The van der Waals surface area contributed by atoms with E-state index in [1.54, 1.807) is 37.3 Å². The number of ether oxygens (including phenoxy) is 2. The molecule has 0 radical (unpaired) electrons. The summed E-state index contributed by atoms with van der Waals surface area (Å²) in [5, 5.41) is 0.273. The molecule has 1 saturated heterocycles. The molecule has 1 fully saturated rings. The minimum Gasteiger partial charge on any atom is -0.497 e. The molecule has 1 aromatic rings. The first-order chi connectivity index (χ1) is 10.5. The number of methoxy groups -OCH3 is 2. The summed E-state index contributed by atoms with van der Waals surface area (Å²) in [6.07, 6.45) is 1.71. The van der Waals surface area contributed by atoms with Crippen LogP contribution in [0.25, 0.3) is 6.08 Å². The highest BCUT2D eigenvalue weighted by atomic mass is 32.1. The maximum Gasteiger partial charge on any atom is 0.325 e. The number of esters is 1. The molecule has 0 bridgehead atoms. The zero-order chi connectivity index (χ0) is 16.3. The Morgan fingerprint density at radius 1 is 1.27 bits per heavy atom. The Hall–Kier alpha value is -2.41. The second-order valence-corrected chi connectivity index (χ2v) is 4.98. The van der Waals surface area contributed by atoms with E-state index in [0.29, 0.717) is 5.70 Å². The van der Waals surface area contributed by atoms with Gasteiger partial charge in [0.05, 0.1) is 14.2 Å². The highest BCUT2D eigenvalue weighted by Crippen LogP contribution is 2.23. The Balaban J connectivity index is 2.26. The molecule has 0 saturated carbocycles. The lowest BCUT2D eigenvalue weighted by atomic mass is 10.2. The molecule has 0 spiro atoms. The Morgan fingerprint density at radius 3 is 2.45 bits per heavy atom. The molecular formula is C15H16N2O4S. The molecular weight excluding hydrogens is 304 g/mol. The van der Waals surface area contributed by atoms with E-state index in [1.165, 1.54) is 12.0 Å². The number of carbonyl (C=O) groups excluding carboxylic acids is 2. The monoisotopic (exact) mass is 320 g/mol. The number of nitrogens with zero attached hydrogens (tertiary/aromatic N) is 2. The number of carbonyl (C=O) groups is 2. The van der Waals surface area contributed by atoms with Gasteiger partial charge in [0, 0.05) is 7.05 Å². The molecule has 1 heterocycles. The van der Waals surface area contributed by atoms with E-state index in [4.69, 9.17) is 17.0 Å². The Labute approximate surface area is 133 Å². The van der Waals surface area contributed by atoms with E-state index in [-0.39, 0.29) is 17.6 Å². The summed E-state index contributed by atoms with van der Waals surface area (Å²) in [4.78, 5) is 26.6. The van der Waals surface area contributed by atoms with E-state index in [9.17, 15) is 9.59 Å². The van der Waals surface area contributed by atoms with Gasteiger partial charge in [-0.1, -0.05) is 12.1 Å². The summed E-state index contributed by atoms with van der Waals surface area (Å²) < 4.78 is 9.67. The minimum absolute atomic E-state index is 0.196. The predicted molar refractivity (Wildman–Crippen MR) is 85.1 cm³/mol. The van der Waals surface area contributed by atoms with Gasteiger partial charge in [0.25, 0.3) is 5.91 Å². The third-order valence-corrected chi connectivity index (χ3v) is 3.77. The van der Waals surface area contributed by atoms with Gasteiger partial charge in [-0.2, -0.15) is 0 Å². The maximum absolute atomic E-state index is 12.4. The van der Waals surface area contributed by atoms with Gasteiger partial charge in [0.1, 0.15) is 18.0 Å². The summed E-state index contributed by atoms with van der Waals surface area (Å²) in [6.45, 7) is -0.196. The van der Waals surface area contributed by atoms with E-state index in [1.807, 2.05) is 12.1 Å². The molecule has 1 amide bonds. The van der Waals surface area contributed by atoms with Crippen molar-refractivity contribution in [1.29, 1.82) is 0 Å². The van der Waals surface area contributed by atoms with Crippen LogP contribution in [0.4, 0.5) is 0 Å². The fourth-order valence-electron chi connectivity index (χ4n) is 2.00. The topological polar surface area (TPSA) is 59.1 Å². The number of hydrogen-bond donors (Lipinski definition) is 0. The molecule has 0 unspecified atom stereocenters. The molecule has 22 heavy (non-hydrogen) atoms. The van der Waals surface area contributed by atoms with Crippen molar-refractivity contribution in [1.82, 2.24) is 9.80 Å². The smallest absolute Gasteiger partial charge is 0.325 e. The average molecular weight is 320 g/mol. The lowest BCUT2D eigenvalue weighted by molar-refractivity contribution is -0.143. The number of benzene rings is 1. The molecule has 1 aromatic carbocycles. The van der Waals surface area contributed by atoms with Crippen molar-refractivity contribution in [2.75, 3.05) is 27.8 Å². The van der Waals surface area contributed by atoms with Gasteiger partial charge < -0.3 is 14.4 Å². The molecule has 0 atom stereocenters. The Bertz CT molecular complexity index is 639. The fraction of sp³-hybridized carbons (Fsp3) is 0.267. The standard InChI is InChI=1S/C15H16N2O4S/c1-16-12(8-10-4-6-11(20-2)7-5-10)14(19)17(15(16)22)9-13(18)21-3/h4-8H,9H2,1-3H3/b12-8-. The molecule has 6 nitrogen and oxygen atoms in total. The Morgan fingerprint density at radius 2 is 1.91 bits per heavy atom. The third kappa shape index (κ3) is 3.09. The number of likely N-dealkylation sites (N-methyl/N-ethyl adjacent to an activating group) is 1. The fourth-order valence-corrected chi connectivity index (χ4v) is 2.25. The average Bonchev–Trinajstić information content (AvgIpc) is 2.73. The number of rotatable bonds is 4. The quantitative estimate of drug-likeness (QED) is 0.473. The summed E-state index contributed by atoms with van der Waals surface area (Å²) >= 11 is 5.20. The van der Waals surface area contributed by atoms with Crippen molar-refractivity contribution >= 4 is 35.3 Å². The third-order valence-electron chi connectivity index (χ3n) is 3.28. The van der Waals surface area contributed by atoms with E-state index in [2.05, 4.69) is 4.74 Å². The molecule has 7 heteroatoms. The normalized spacial score (nSPS) is 16.4. The van der Waals surface area contributed by atoms with Crippen LogP contribution in [0.5, 0.6) is 5.75 Å². The highest BCUT2D eigenvalue weighted by molar-refractivity contribution is 7.80. The van der Waals surface area contributed by atoms with Crippen LogP contribution < -0.4 is 4.74 Å². The molecule has 1 aliphatic heterocycles. The van der Waals surface area contributed by atoms with Crippen LogP contribution in [-0.4, -0.2) is 54.6 Å². The van der Waals surface area contributed by atoms with E-state index < -0.39 is 5.97 Å². The van der Waals surface area contributed by atoms with Gasteiger partial charge in [-0.05, 0) is 36.0 Å². The van der Waals surface area contributed by atoms with Crippen LogP contribution in [-0.2, 0) is 14.3 Å². The predicted octanol–water partition coefficient (Wildman–Crippen LogP) is 1.27. The van der Waals surface area contributed by atoms with Crippen molar-refractivity contribution < 1.29 is 19.1 Å². The van der Waals surface area contributed by atoms with Gasteiger partial charge in [-0.15, -0.1) is 0 Å². The van der Waals surface area contributed by atoms with Gasteiger partial charge in [0.2, 0.25) is 0 Å². The Kier molecular flexibility index (Phi) is 4.77. The first-order valence-electron chi connectivity index (χ1n) is 6.50. The van der Waals surface area contributed by atoms with Crippen molar-refractivity contribution in [2.24, 2.45) is 0 Å². The van der Waals surface area contributed by atoms with Crippen molar-refractivity contribution in [3.63, 3.8) is 0 Å². The molecule has 1 aliphatic rings. The number of thiocarbonyl (C=S) groups is 1. The van der Waals surface area contributed by atoms with Crippen LogP contribution in [0.3, 0.4) is 0 Å². The second kappa shape index (κ2) is 6.57. The molecule has 0 N–H and O–H groups in total. The lowest BCUT2D eigenvalue weighted by Gasteiger charge is -2.14. The van der Waals surface area contributed by atoms with Crippen molar-refractivity contribution in [3.05, 3.63) is 35.5 Å². The highest BCUT2D eigenvalue weighted by Gasteiger charge is 2.36. The van der Waals surface area contributed by atoms with Gasteiger partial charge in [0.15, 0.2) is 5.11 Å². The summed E-state index contributed by atoms with van der Waals surface area (Å²) in [5.41, 5.74) is 1.23.